The lowest BCUT2D eigenvalue weighted by Gasteiger charge is -2.25. The van der Waals surface area contributed by atoms with Crippen LogP contribution in [0, 0.1) is 13.8 Å². The topological polar surface area (TPSA) is 62.5 Å². The molecule has 2 aliphatic heterocycles. The number of amides is 1. The van der Waals surface area contributed by atoms with E-state index in [4.69, 9.17) is 9.40 Å². The third-order valence-electron chi connectivity index (χ3n) is 6.13. The molecule has 5 heterocycles. The van der Waals surface area contributed by atoms with Crippen molar-refractivity contribution in [2.24, 2.45) is 0 Å². The van der Waals surface area contributed by atoms with E-state index in [1.165, 1.54) is 11.3 Å². The fourth-order valence-electron chi connectivity index (χ4n) is 4.82. The van der Waals surface area contributed by atoms with Crippen LogP contribution >= 0.6 is 0 Å². The van der Waals surface area contributed by atoms with E-state index in [9.17, 15) is 4.79 Å². The maximum Gasteiger partial charge on any atom is 0.257 e. The first-order valence-corrected chi connectivity index (χ1v) is 10.0. The number of rotatable bonds is 3. The largest absolute Gasteiger partial charge is 0.466 e. The molecular formula is C23H24N4O2. The van der Waals surface area contributed by atoms with Crippen LogP contribution in [0.3, 0.4) is 0 Å². The van der Waals surface area contributed by atoms with Crippen LogP contribution in [0.2, 0.25) is 0 Å². The Morgan fingerprint density at radius 1 is 1.21 bits per heavy atom. The second-order valence-corrected chi connectivity index (χ2v) is 8.17. The van der Waals surface area contributed by atoms with Gasteiger partial charge in [0.05, 0.1) is 22.4 Å². The van der Waals surface area contributed by atoms with Crippen LogP contribution in [0.25, 0.3) is 0 Å². The van der Waals surface area contributed by atoms with E-state index in [-0.39, 0.29) is 11.3 Å². The highest BCUT2D eigenvalue weighted by atomic mass is 16.3. The molecule has 3 aromatic rings. The molecule has 29 heavy (non-hydrogen) atoms. The summed E-state index contributed by atoms with van der Waals surface area (Å²) >= 11 is 0. The van der Waals surface area contributed by atoms with Crippen molar-refractivity contribution in [3.05, 3.63) is 77.3 Å². The highest BCUT2D eigenvalue weighted by Gasteiger charge is 2.49. The molecule has 0 unspecified atom stereocenters. The molecule has 6 heteroatoms. The van der Waals surface area contributed by atoms with E-state index in [1.807, 2.05) is 49.3 Å². The summed E-state index contributed by atoms with van der Waals surface area (Å²) < 4.78 is 5.58. The summed E-state index contributed by atoms with van der Waals surface area (Å²) in [5.74, 6) is 1.52. The van der Waals surface area contributed by atoms with Gasteiger partial charge in [-0.05, 0) is 50.1 Å². The molecule has 148 valence electrons. The van der Waals surface area contributed by atoms with Crippen molar-refractivity contribution in [3.63, 3.8) is 0 Å². The van der Waals surface area contributed by atoms with Gasteiger partial charge in [-0.1, -0.05) is 6.07 Å². The summed E-state index contributed by atoms with van der Waals surface area (Å²) in [5, 5.41) is 0. The van der Waals surface area contributed by atoms with E-state index in [2.05, 4.69) is 22.0 Å². The van der Waals surface area contributed by atoms with E-state index < -0.39 is 0 Å². The van der Waals surface area contributed by atoms with Gasteiger partial charge in [-0.15, -0.1) is 0 Å². The first kappa shape index (κ1) is 17.9. The van der Waals surface area contributed by atoms with Crippen molar-refractivity contribution in [2.45, 2.75) is 32.2 Å². The van der Waals surface area contributed by atoms with Gasteiger partial charge in [-0.25, -0.2) is 0 Å². The number of anilines is 1. The van der Waals surface area contributed by atoms with Crippen LogP contribution in [0.1, 0.15) is 39.6 Å². The first-order chi connectivity index (χ1) is 14.1. The minimum atomic E-state index is -0.124. The first-order valence-electron chi connectivity index (χ1n) is 10.0. The Hall–Kier alpha value is -3.15. The molecule has 2 aliphatic rings. The van der Waals surface area contributed by atoms with Crippen LogP contribution in [0.15, 0.2) is 53.3 Å². The molecule has 1 saturated heterocycles. The lowest BCUT2D eigenvalue weighted by atomic mass is 9.85. The third-order valence-corrected chi connectivity index (χ3v) is 6.13. The van der Waals surface area contributed by atoms with Gasteiger partial charge in [0.1, 0.15) is 11.5 Å². The molecule has 0 radical (unpaired) electrons. The number of aromatic nitrogens is 2. The summed E-state index contributed by atoms with van der Waals surface area (Å²) in [6.07, 6.45) is 6.49. The Morgan fingerprint density at radius 2 is 2.07 bits per heavy atom. The van der Waals surface area contributed by atoms with Crippen LogP contribution in [0.4, 0.5) is 5.69 Å². The second-order valence-electron chi connectivity index (χ2n) is 8.17. The van der Waals surface area contributed by atoms with Crippen molar-refractivity contribution >= 4 is 11.6 Å². The molecule has 0 aromatic carbocycles. The number of aryl methyl sites for hydroxylation is 2. The summed E-state index contributed by atoms with van der Waals surface area (Å²) in [7, 11) is 0. The zero-order valence-corrected chi connectivity index (χ0v) is 16.8. The average Bonchev–Trinajstić information content (AvgIpc) is 3.39. The number of carbonyl (C=O) groups is 1. The number of furan rings is 1. The Morgan fingerprint density at radius 3 is 2.83 bits per heavy atom. The lowest BCUT2D eigenvalue weighted by molar-refractivity contribution is 0.0782. The minimum absolute atomic E-state index is 0.0550. The number of hydrogen-bond donors (Lipinski definition) is 0. The fraction of sp³-hybridized carbons (Fsp3) is 0.348. The monoisotopic (exact) mass is 388 g/mol. The van der Waals surface area contributed by atoms with E-state index in [1.54, 1.807) is 6.20 Å². The quantitative estimate of drug-likeness (QED) is 0.687. The number of hydrogen-bond acceptors (Lipinski definition) is 5. The molecule has 1 spiro atoms. The van der Waals surface area contributed by atoms with E-state index >= 15 is 0 Å². The van der Waals surface area contributed by atoms with E-state index in [0.29, 0.717) is 17.9 Å². The summed E-state index contributed by atoms with van der Waals surface area (Å²) in [6.45, 7) is 6.81. The number of nitrogens with zero attached hydrogens (tertiary/aromatic N) is 4. The van der Waals surface area contributed by atoms with Gasteiger partial charge >= 0.3 is 0 Å². The molecule has 1 amide bonds. The van der Waals surface area contributed by atoms with Gasteiger partial charge in [0.2, 0.25) is 0 Å². The molecule has 0 N–H and O–H groups in total. The number of pyridine rings is 2. The molecule has 5 rings (SSSR count). The van der Waals surface area contributed by atoms with Gasteiger partial charge in [0.15, 0.2) is 0 Å². The van der Waals surface area contributed by atoms with Gasteiger partial charge in [0.25, 0.3) is 5.91 Å². The van der Waals surface area contributed by atoms with Crippen molar-refractivity contribution in [2.75, 3.05) is 24.5 Å². The molecule has 1 fully saturated rings. The number of fused-ring (bicyclic) bond motifs is 2. The smallest absolute Gasteiger partial charge is 0.257 e. The summed E-state index contributed by atoms with van der Waals surface area (Å²) in [5.41, 5.74) is 4.00. The van der Waals surface area contributed by atoms with Crippen LogP contribution in [-0.2, 0) is 12.0 Å². The maximum atomic E-state index is 13.1. The van der Waals surface area contributed by atoms with Crippen molar-refractivity contribution in [1.82, 2.24) is 14.9 Å². The van der Waals surface area contributed by atoms with Crippen molar-refractivity contribution in [3.8, 4) is 0 Å². The molecule has 0 aliphatic carbocycles. The Labute approximate surface area is 170 Å². The van der Waals surface area contributed by atoms with Gasteiger partial charge in [-0.3, -0.25) is 14.8 Å². The molecule has 1 atom stereocenters. The number of likely N-dealkylation sites (tertiary alicyclic amines) is 1. The zero-order chi connectivity index (χ0) is 20.0. The van der Waals surface area contributed by atoms with E-state index in [0.717, 1.165) is 37.5 Å². The Balaban J connectivity index is 1.42. The van der Waals surface area contributed by atoms with Gasteiger partial charge < -0.3 is 14.2 Å². The minimum Gasteiger partial charge on any atom is -0.466 e. The summed E-state index contributed by atoms with van der Waals surface area (Å²) in [6, 6.07) is 10.0. The fourth-order valence-corrected chi connectivity index (χ4v) is 4.82. The molecule has 0 bridgehead atoms. The number of carbonyl (C=O) groups excluding carboxylic acids is 1. The predicted octanol–water partition coefficient (Wildman–Crippen LogP) is 3.49. The lowest BCUT2D eigenvalue weighted by Crippen LogP contribution is -2.38. The molecular weight excluding hydrogens is 364 g/mol. The normalized spacial score (nSPS) is 20.5. The standard InChI is InChI=1S/C23H24N4O2/c1-16-11-19(17(2)29-16)22(28)26-10-7-23(14-26)15-27(13-18-5-3-8-24-12-18)20-6-4-9-25-21(20)23/h3-6,8-9,11-12H,7,10,13-15H2,1-2H3/t23-/m1/s1. The SMILES string of the molecule is Cc1cc(C(=O)N2CC[C@@]3(C2)CN(Cc2cccnc2)c2cccnc23)c(C)o1. The summed E-state index contributed by atoms with van der Waals surface area (Å²) in [4.78, 5) is 26.5. The highest BCUT2D eigenvalue weighted by Crippen LogP contribution is 2.45. The molecule has 6 nitrogen and oxygen atoms in total. The van der Waals surface area contributed by atoms with Crippen LogP contribution in [0.5, 0.6) is 0 Å². The zero-order valence-electron chi connectivity index (χ0n) is 16.8. The Kier molecular flexibility index (Phi) is 4.15. The van der Waals surface area contributed by atoms with Gasteiger partial charge in [-0.2, -0.15) is 0 Å². The van der Waals surface area contributed by atoms with Crippen LogP contribution < -0.4 is 4.90 Å². The van der Waals surface area contributed by atoms with Crippen LogP contribution in [-0.4, -0.2) is 40.4 Å². The maximum absolute atomic E-state index is 13.1. The van der Waals surface area contributed by atoms with Crippen molar-refractivity contribution < 1.29 is 9.21 Å². The van der Waals surface area contributed by atoms with Crippen molar-refractivity contribution in [1.29, 1.82) is 0 Å². The average molecular weight is 388 g/mol. The predicted molar refractivity (Wildman–Crippen MR) is 110 cm³/mol. The second kappa shape index (κ2) is 6.72. The molecule has 3 aromatic heterocycles. The molecule has 0 saturated carbocycles. The Bertz CT molecular complexity index is 1060. The third kappa shape index (κ3) is 2.99. The van der Waals surface area contributed by atoms with Gasteiger partial charge in [0, 0.05) is 44.8 Å². The highest BCUT2D eigenvalue weighted by molar-refractivity contribution is 5.95.